The Morgan fingerprint density at radius 3 is 2.50 bits per heavy atom. The van der Waals surface area contributed by atoms with Crippen molar-refractivity contribution >= 4 is 51.5 Å². The van der Waals surface area contributed by atoms with Gasteiger partial charge in [-0.05, 0) is 95.9 Å². The second-order valence-electron chi connectivity index (χ2n) is 7.58. The smallest absolute Gasteiger partial charge is 0.262 e. The highest BCUT2D eigenvalue weighted by Crippen LogP contribution is 2.34. The van der Waals surface area contributed by atoms with Gasteiger partial charge in [-0.1, -0.05) is 29.8 Å². The average Bonchev–Trinajstić information content (AvgIpc) is 2.75. The van der Waals surface area contributed by atoms with Gasteiger partial charge in [-0.3, -0.25) is 4.79 Å². The van der Waals surface area contributed by atoms with Gasteiger partial charge in [-0.25, -0.2) is 0 Å². The Hall–Kier alpha value is -2.45. The van der Waals surface area contributed by atoms with Gasteiger partial charge in [0.2, 0.25) is 0 Å². The van der Waals surface area contributed by atoms with Gasteiger partial charge in [0, 0.05) is 22.9 Å². The summed E-state index contributed by atoms with van der Waals surface area (Å²) in [5.41, 5.74) is 6.14. The Balaban J connectivity index is 1.66. The van der Waals surface area contributed by atoms with E-state index < -0.39 is 0 Å². The van der Waals surface area contributed by atoms with Crippen molar-refractivity contribution in [1.82, 2.24) is 0 Å². The summed E-state index contributed by atoms with van der Waals surface area (Å²) in [6.07, 6.45) is 0. The molecule has 0 radical (unpaired) electrons. The second-order valence-corrected chi connectivity index (χ2v) is 9.15. The lowest BCUT2D eigenvalue weighted by atomic mass is 10.1. The molecular formula is C25H26ClIN2O3. The van der Waals surface area contributed by atoms with Crippen LogP contribution >= 0.6 is 34.2 Å². The maximum absolute atomic E-state index is 12.3. The Bertz CT molecular complexity index is 1130. The van der Waals surface area contributed by atoms with Gasteiger partial charge in [0.1, 0.15) is 0 Å². The van der Waals surface area contributed by atoms with Crippen LogP contribution in [0.15, 0.2) is 48.5 Å². The molecule has 0 spiro atoms. The van der Waals surface area contributed by atoms with E-state index in [-0.39, 0.29) is 12.5 Å². The van der Waals surface area contributed by atoms with E-state index in [1.807, 2.05) is 25.1 Å². The maximum Gasteiger partial charge on any atom is 0.262 e. The number of methoxy groups -OCH3 is 1. The molecule has 0 fully saturated rings. The molecule has 0 saturated carbocycles. The first kappa shape index (κ1) is 24.2. The van der Waals surface area contributed by atoms with Crippen LogP contribution in [-0.2, 0) is 11.3 Å². The van der Waals surface area contributed by atoms with E-state index in [1.165, 1.54) is 11.1 Å². The maximum atomic E-state index is 12.3. The Labute approximate surface area is 207 Å². The number of carbonyl (C=O) groups is 1. The van der Waals surface area contributed by atoms with Crippen molar-refractivity contribution in [2.75, 3.05) is 24.4 Å². The summed E-state index contributed by atoms with van der Waals surface area (Å²) in [4.78, 5) is 12.3. The van der Waals surface area contributed by atoms with Crippen LogP contribution in [0.5, 0.6) is 11.5 Å². The Morgan fingerprint density at radius 1 is 1.03 bits per heavy atom. The fraction of sp³-hybridized carbons (Fsp3) is 0.240. The molecule has 3 aromatic carbocycles. The molecule has 168 valence electrons. The van der Waals surface area contributed by atoms with Crippen LogP contribution in [0.25, 0.3) is 0 Å². The van der Waals surface area contributed by atoms with E-state index in [0.29, 0.717) is 28.8 Å². The number of rotatable bonds is 8. The molecule has 0 saturated heterocycles. The van der Waals surface area contributed by atoms with E-state index in [0.717, 1.165) is 20.4 Å². The van der Waals surface area contributed by atoms with Gasteiger partial charge >= 0.3 is 0 Å². The summed E-state index contributed by atoms with van der Waals surface area (Å²) in [7, 11) is 1.59. The number of anilines is 2. The number of hydrogen-bond acceptors (Lipinski definition) is 4. The fourth-order valence-electron chi connectivity index (χ4n) is 3.14. The molecule has 0 bridgehead atoms. The predicted molar refractivity (Wildman–Crippen MR) is 139 cm³/mol. The number of ether oxygens (including phenoxy) is 2. The quantitative estimate of drug-likeness (QED) is 0.306. The third kappa shape index (κ3) is 6.29. The molecule has 0 aliphatic heterocycles. The van der Waals surface area contributed by atoms with Gasteiger partial charge < -0.3 is 20.1 Å². The highest BCUT2D eigenvalue weighted by atomic mass is 127. The van der Waals surface area contributed by atoms with Crippen LogP contribution in [0.2, 0.25) is 5.02 Å². The third-order valence-electron chi connectivity index (χ3n) is 4.97. The molecule has 0 aliphatic rings. The number of benzene rings is 3. The molecule has 32 heavy (non-hydrogen) atoms. The van der Waals surface area contributed by atoms with Crippen LogP contribution in [0.3, 0.4) is 0 Å². The van der Waals surface area contributed by atoms with Crippen molar-refractivity contribution in [2.45, 2.75) is 27.3 Å². The fourth-order valence-corrected chi connectivity index (χ4v) is 4.15. The zero-order chi connectivity index (χ0) is 23.3. The predicted octanol–water partition coefficient (Wildman–Crippen LogP) is 6.51. The van der Waals surface area contributed by atoms with Crippen LogP contribution in [0.4, 0.5) is 11.4 Å². The van der Waals surface area contributed by atoms with Gasteiger partial charge in [0.25, 0.3) is 5.91 Å². The topological polar surface area (TPSA) is 59.6 Å². The Morgan fingerprint density at radius 2 is 1.78 bits per heavy atom. The summed E-state index contributed by atoms with van der Waals surface area (Å²) < 4.78 is 12.2. The van der Waals surface area contributed by atoms with Crippen LogP contribution < -0.4 is 20.1 Å². The number of aryl methyl sites for hydroxylation is 3. The normalized spacial score (nSPS) is 10.6. The van der Waals surface area contributed by atoms with E-state index in [2.05, 4.69) is 65.3 Å². The largest absolute Gasteiger partial charge is 0.493 e. The first-order valence-electron chi connectivity index (χ1n) is 10.1. The van der Waals surface area contributed by atoms with E-state index in [1.54, 1.807) is 19.2 Å². The van der Waals surface area contributed by atoms with E-state index in [9.17, 15) is 4.79 Å². The molecule has 0 unspecified atom stereocenters. The highest BCUT2D eigenvalue weighted by Gasteiger charge is 2.14. The summed E-state index contributed by atoms with van der Waals surface area (Å²) in [6, 6.07) is 15.7. The number of nitrogens with one attached hydrogen (secondary N) is 2. The second kappa shape index (κ2) is 10.9. The van der Waals surface area contributed by atoms with Crippen LogP contribution in [0, 0.1) is 24.3 Å². The zero-order valence-corrected chi connectivity index (χ0v) is 21.4. The van der Waals surface area contributed by atoms with Crippen molar-refractivity contribution in [1.29, 1.82) is 0 Å². The minimum absolute atomic E-state index is 0.141. The molecule has 0 aromatic heterocycles. The number of carbonyl (C=O) groups excluding carboxylic acids is 1. The SMILES string of the molecule is COc1cc(CNc2cc(C)ccc2C)cc(I)c1OCC(=O)Nc1ccc(C)c(Cl)c1. The van der Waals surface area contributed by atoms with Crippen molar-refractivity contribution in [3.8, 4) is 11.5 Å². The monoisotopic (exact) mass is 564 g/mol. The van der Waals surface area contributed by atoms with E-state index >= 15 is 0 Å². The molecule has 0 aliphatic carbocycles. The molecule has 0 heterocycles. The molecule has 0 atom stereocenters. The number of hydrogen-bond donors (Lipinski definition) is 2. The third-order valence-corrected chi connectivity index (χ3v) is 6.18. The first-order valence-corrected chi connectivity index (χ1v) is 11.6. The first-order chi connectivity index (χ1) is 15.3. The van der Waals surface area contributed by atoms with Gasteiger partial charge in [0.05, 0.1) is 10.7 Å². The zero-order valence-electron chi connectivity index (χ0n) is 18.5. The summed E-state index contributed by atoms with van der Waals surface area (Å²) >= 11 is 8.32. The minimum Gasteiger partial charge on any atom is -0.493 e. The molecule has 5 nitrogen and oxygen atoms in total. The summed E-state index contributed by atoms with van der Waals surface area (Å²) in [5.74, 6) is 0.852. The number of halogens is 2. The minimum atomic E-state index is -0.275. The standard InChI is InChI=1S/C25H26ClIN2O3/c1-15-5-6-17(3)22(9-15)28-13-18-10-21(27)25(23(11-18)31-4)32-14-24(30)29-19-8-7-16(2)20(26)12-19/h5-12,28H,13-14H2,1-4H3,(H,29,30). The lowest BCUT2D eigenvalue weighted by Crippen LogP contribution is -2.20. The average molecular weight is 565 g/mol. The van der Waals surface area contributed by atoms with Gasteiger partial charge in [-0.2, -0.15) is 0 Å². The molecule has 7 heteroatoms. The lowest BCUT2D eigenvalue weighted by Gasteiger charge is -2.16. The molecular weight excluding hydrogens is 539 g/mol. The van der Waals surface area contributed by atoms with Crippen molar-refractivity contribution < 1.29 is 14.3 Å². The van der Waals surface area contributed by atoms with Crippen molar-refractivity contribution in [3.63, 3.8) is 0 Å². The summed E-state index contributed by atoms with van der Waals surface area (Å²) in [5, 5.41) is 6.88. The molecule has 2 N–H and O–H groups in total. The molecule has 3 aromatic rings. The Kier molecular flexibility index (Phi) is 8.26. The van der Waals surface area contributed by atoms with Crippen molar-refractivity contribution in [2.24, 2.45) is 0 Å². The highest BCUT2D eigenvalue weighted by molar-refractivity contribution is 14.1. The van der Waals surface area contributed by atoms with Gasteiger partial charge in [-0.15, -0.1) is 0 Å². The molecule has 1 amide bonds. The number of amides is 1. The lowest BCUT2D eigenvalue weighted by molar-refractivity contribution is -0.118. The van der Waals surface area contributed by atoms with Crippen LogP contribution in [-0.4, -0.2) is 19.6 Å². The summed E-state index contributed by atoms with van der Waals surface area (Å²) in [6.45, 7) is 6.57. The van der Waals surface area contributed by atoms with Crippen molar-refractivity contribution in [3.05, 3.63) is 79.4 Å². The van der Waals surface area contributed by atoms with Crippen LogP contribution in [0.1, 0.15) is 22.3 Å². The van der Waals surface area contributed by atoms with E-state index in [4.69, 9.17) is 21.1 Å². The molecule has 3 rings (SSSR count). The van der Waals surface area contributed by atoms with Gasteiger partial charge in [0.15, 0.2) is 18.1 Å².